The molecule has 2 N–H and O–H groups in total. The summed E-state index contributed by atoms with van der Waals surface area (Å²) in [6.07, 6.45) is 0.911. The van der Waals surface area contributed by atoms with Crippen LogP contribution in [-0.2, 0) is 6.54 Å². The summed E-state index contributed by atoms with van der Waals surface area (Å²) in [5.74, 6) is 2.20. The van der Waals surface area contributed by atoms with Gasteiger partial charge in [-0.15, -0.1) is 11.3 Å². The Hall–Kier alpha value is -0.0300. The van der Waals surface area contributed by atoms with E-state index in [2.05, 4.69) is 24.4 Å². The van der Waals surface area contributed by atoms with Crippen LogP contribution in [0.25, 0.3) is 0 Å². The molecule has 0 spiro atoms. The molecule has 0 atom stereocenters. The molecule has 0 saturated carbocycles. The molecule has 0 unspecified atom stereocenters. The smallest absolute Gasteiger partial charge is 0.0438 e. The van der Waals surface area contributed by atoms with Gasteiger partial charge in [0.2, 0.25) is 0 Å². The van der Waals surface area contributed by atoms with Crippen LogP contribution in [-0.4, -0.2) is 29.8 Å². The summed E-state index contributed by atoms with van der Waals surface area (Å²) < 4.78 is 0. The highest BCUT2D eigenvalue weighted by Crippen LogP contribution is 2.14. The van der Waals surface area contributed by atoms with Crippen LogP contribution in [0.2, 0.25) is 0 Å². The zero-order valence-electron chi connectivity index (χ0n) is 9.16. The van der Waals surface area contributed by atoms with E-state index in [1.165, 1.54) is 9.75 Å². The molecule has 4 heteroatoms. The predicted molar refractivity (Wildman–Crippen MR) is 69.8 cm³/mol. The fourth-order valence-electron chi connectivity index (χ4n) is 1.20. The van der Waals surface area contributed by atoms with Crippen LogP contribution in [0.3, 0.4) is 0 Å². The molecule has 0 aliphatic rings. The molecule has 1 aromatic heterocycles. The van der Waals surface area contributed by atoms with E-state index >= 15 is 0 Å². The molecule has 86 valence electrons. The van der Waals surface area contributed by atoms with Crippen molar-refractivity contribution in [3.63, 3.8) is 0 Å². The first-order valence-corrected chi connectivity index (χ1v) is 7.24. The second-order valence-electron chi connectivity index (χ2n) is 3.38. The van der Waals surface area contributed by atoms with E-state index in [-0.39, 0.29) is 0 Å². The molecule has 1 aromatic rings. The molecular formula is C11H19NOS2. The second-order valence-corrected chi connectivity index (χ2v) is 5.98. The van der Waals surface area contributed by atoms with Crippen LogP contribution in [0.4, 0.5) is 0 Å². The lowest BCUT2D eigenvalue weighted by Crippen LogP contribution is -2.15. The third-order valence-corrected chi connectivity index (χ3v) is 4.04. The van der Waals surface area contributed by atoms with Crippen LogP contribution in [0, 0.1) is 6.92 Å². The molecule has 0 bridgehead atoms. The number of hydrogen-bond acceptors (Lipinski definition) is 4. The molecule has 0 amide bonds. The van der Waals surface area contributed by atoms with Gasteiger partial charge in [0, 0.05) is 35.2 Å². The zero-order valence-corrected chi connectivity index (χ0v) is 10.8. The van der Waals surface area contributed by atoms with Gasteiger partial charge in [-0.1, -0.05) is 0 Å². The van der Waals surface area contributed by atoms with Crippen LogP contribution >= 0.6 is 23.1 Å². The third-order valence-electron chi connectivity index (χ3n) is 1.97. The average Bonchev–Trinajstić information content (AvgIpc) is 2.63. The minimum Gasteiger partial charge on any atom is -0.396 e. The molecule has 15 heavy (non-hydrogen) atoms. The van der Waals surface area contributed by atoms with Gasteiger partial charge in [0.15, 0.2) is 0 Å². The van der Waals surface area contributed by atoms with Gasteiger partial charge in [0.25, 0.3) is 0 Å². The zero-order chi connectivity index (χ0) is 10.9. The Morgan fingerprint density at radius 2 is 2.27 bits per heavy atom. The Labute approximate surface area is 100 Å². The van der Waals surface area contributed by atoms with Crippen molar-refractivity contribution in [3.05, 3.63) is 21.9 Å². The van der Waals surface area contributed by atoms with E-state index in [9.17, 15) is 0 Å². The van der Waals surface area contributed by atoms with E-state index in [0.29, 0.717) is 6.61 Å². The quantitative estimate of drug-likeness (QED) is 0.689. The van der Waals surface area contributed by atoms with Crippen molar-refractivity contribution in [2.75, 3.05) is 24.7 Å². The molecule has 0 saturated heterocycles. The standard InChI is InChI=1S/C11H19NOS2/c1-10-3-4-11(15-10)9-12-5-8-14-7-2-6-13/h3-4,12-13H,2,5-9H2,1H3. The maximum Gasteiger partial charge on any atom is 0.0438 e. The lowest BCUT2D eigenvalue weighted by Gasteiger charge is -2.02. The summed E-state index contributed by atoms with van der Waals surface area (Å²) in [7, 11) is 0. The first-order chi connectivity index (χ1) is 7.33. The Bertz CT molecular complexity index is 263. The number of thiophene rings is 1. The fourth-order valence-corrected chi connectivity index (χ4v) is 2.89. The second kappa shape index (κ2) is 8.16. The third kappa shape index (κ3) is 6.20. The van der Waals surface area contributed by atoms with E-state index in [1.807, 2.05) is 23.1 Å². The van der Waals surface area contributed by atoms with Crippen LogP contribution in [0.5, 0.6) is 0 Å². The summed E-state index contributed by atoms with van der Waals surface area (Å²) in [5.41, 5.74) is 0. The first kappa shape index (κ1) is 13.0. The minimum absolute atomic E-state index is 0.314. The number of nitrogens with one attached hydrogen (secondary N) is 1. The Morgan fingerprint density at radius 3 is 2.93 bits per heavy atom. The average molecular weight is 245 g/mol. The number of thioether (sulfide) groups is 1. The van der Waals surface area contributed by atoms with E-state index in [1.54, 1.807) is 0 Å². The molecule has 0 aliphatic carbocycles. The van der Waals surface area contributed by atoms with E-state index < -0.39 is 0 Å². The predicted octanol–water partition coefficient (Wildman–Crippen LogP) is 2.26. The highest BCUT2D eigenvalue weighted by molar-refractivity contribution is 7.99. The molecule has 0 aromatic carbocycles. The number of aliphatic hydroxyl groups is 1. The van der Waals surface area contributed by atoms with Gasteiger partial charge >= 0.3 is 0 Å². The van der Waals surface area contributed by atoms with E-state index in [4.69, 9.17) is 5.11 Å². The number of aliphatic hydroxyl groups excluding tert-OH is 1. The van der Waals surface area contributed by atoms with Gasteiger partial charge < -0.3 is 10.4 Å². The fraction of sp³-hybridized carbons (Fsp3) is 0.636. The van der Waals surface area contributed by atoms with Crippen LogP contribution < -0.4 is 5.32 Å². The van der Waals surface area contributed by atoms with Gasteiger partial charge in [-0.05, 0) is 31.2 Å². The Balaban J connectivity index is 1.93. The molecule has 1 rings (SSSR count). The Morgan fingerprint density at radius 1 is 1.40 bits per heavy atom. The maximum absolute atomic E-state index is 8.59. The summed E-state index contributed by atoms with van der Waals surface area (Å²) in [6.45, 7) is 4.49. The van der Waals surface area contributed by atoms with Crippen molar-refractivity contribution in [3.8, 4) is 0 Å². The lowest BCUT2D eigenvalue weighted by molar-refractivity contribution is 0.296. The summed E-state index contributed by atoms with van der Waals surface area (Å²) >= 11 is 3.76. The molecule has 0 fully saturated rings. The number of hydrogen-bond donors (Lipinski definition) is 2. The minimum atomic E-state index is 0.314. The van der Waals surface area contributed by atoms with Gasteiger partial charge in [-0.25, -0.2) is 0 Å². The van der Waals surface area contributed by atoms with Gasteiger partial charge in [0.1, 0.15) is 0 Å². The monoisotopic (exact) mass is 245 g/mol. The van der Waals surface area contributed by atoms with Gasteiger partial charge in [0.05, 0.1) is 0 Å². The van der Waals surface area contributed by atoms with Crippen LogP contribution in [0.15, 0.2) is 12.1 Å². The van der Waals surface area contributed by atoms with Crippen molar-refractivity contribution >= 4 is 23.1 Å². The van der Waals surface area contributed by atoms with Crippen molar-refractivity contribution in [2.45, 2.75) is 19.9 Å². The highest BCUT2D eigenvalue weighted by atomic mass is 32.2. The first-order valence-electron chi connectivity index (χ1n) is 5.27. The Kier molecular flexibility index (Phi) is 7.09. The topological polar surface area (TPSA) is 32.3 Å². The van der Waals surface area contributed by atoms with E-state index in [0.717, 1.165) is 31.0 Å². The molecule has 0 aliphatic heterocycles. The molecule has 2 nitrogen and oxygen atoms in total. The van der Waals surface area contributed by atoms with Crippen molar-refractivity contribution in [1.82, 2.24) is 5.32 Å². The number of rotatable bonds is 8. The molecular weight excluding hydrogens is 226 g/mol. The van der Waals surface area contributed by atoms with Crippen LogP contribution in [0.1, 0.15) is 16.2 Å². The van der Waals surface area contributed by atoms with Crippen molar-refractivity contribution in [1.29, 1.82) is 0 Å². The van der Waals surface area contributed by atoms with Gasteiger partial charge in [-0.2, -0.15) is 11.8 Å². The largest absolute Gasteiger partial charge is 0.396 e. The SMILES string of the molecule is Cc1ccc(CNCCSCCCO)s1. The normalized spacial score (nSPS) is 10.8. The molecule has 1 heterocycles. The summed E-state index contributed by atoms with van der Waals surface area (Å²) in [6, 6.07) is 4.35. The van der Waals surface area contributed by atoms with Crippen molar-refractivity contribution in [2.24, 2.45) is 0 Å². The highest BCUT2D eigenvalue weighted by Gasteiger charge is 1.95. The maximum atomic E-state index is 8.59. The number of aryl methyl sites for hydroxylation is 1. The molecule has 0 radical (unpaired) electrons. The lowest BCUT2D eigenvalue weighted by atomic mass is 10.4. The van der Waals surface area contributed by atoms with Gasteiger partial charge in [-0.3, -0.25) is 0 Å². The summed E-state index contributed by atoms with van der Waals surface area (Å²) in [5, 5.41) is 12.0. The summed E-state index contributed by atoms with van der Waals surface area (Å²) in [4.78, 5) is 2.79. The van der Waals surface area contributed by atoms with Crippen molar-refractivity contribution < 1.29 is 5.11 Å².